The van der Waals surface area contributed by atoms with Gasteiger partial charge in [0, 0.05) is 19.2 Å². The molecular weight excluding hydrogens is 212 g/mol. The van der Waals surface area contributed by atoms with Crippen LogP contribution in [0.5, 0.6) is 0 Å². The minimum atomic E-state index is 0.246. The van der Waals surface area contributed by atoms with Gasteiger partial charge in [0.25, 0.3) is 0 Å². The molecule has 1 aliphatic rings. The lowest BCUT2D eigenvalue weighted by molar-refractivity contribution is 0.444. The second-order valence-electron chi connectivity index (χ2n) is 4.10. The van der Waals surface area contributed by atoms with E-state index in [1.165, 1.54) is 12.8 Å². The second-order valence-corrected chi connectivity index (χ2v) is 4.49. The number of halogens is 1. The Hall–Kier alpha value is -1.03. The topological polar surface area (TPSA) is 55.0 Å². The Labute approximate surface area is 94.5 Å². The first kappa shape index (κ1) is 10.5. The van der Waals surface area contributed by atoms with Crippen molar-refractivity contribution in [1.82, 2.24) is 9.97 Å². The first-order valence-electron chi connectivity index (χ1n) is 5.20. The van der Waals surface area contributed by atoms with Crippen LogP contribution in [0.1, 0.15) is 19.8 Å². The van der Waals surface area contributed by atoms with E-state index in [1.807, 2.05) is 0 Å². The molecule has 1 saturated heterocycles. The van der Waals surface area contributed by atoms with Gasteiger partial charge < -0.3 is 10.6 Å². The third-order valence-corrected chi connectivity index (χ3v) is 2.87. The Morgan fingerprint density at radius 1 is 1.53 bits per heavy atom. The molecule has 4 nitrogen and oxygen atoms in total. The van der Waals surface area contributed by atoms with Gasteiger partial charge in [0.05, 0.1) is 0 Å². The van der Waals surface area contributed by atoms with E-state index in [0.717, 1.165) is 18.9 Å². The van der Waals surface area contributed by atoms with Crippen LogP contribution < -0.4 is 10.6 Å². The highest BCUT2D eigenvalue weighted by atomic mass is 35.5. The molecule has 5 heteroatoms. The molecule has 82 valence electrons. The SMILES string of the molecule is C[C@@H]1CCCN(c2cc(Cl)nc(N)n2)C1. The van der Waals surface area contributed by atoms with Crippen LogP contribution in [0, 0.1) is 5.92 Å². The molecule has 2 rings (SSSR count). The van der Waals surface area contributed by atoms with Crippen molar-refractivity contribution >= 4 is 23.4 Å². The third-order valence-electron chi connectivity index (χ3n) is 2.68. The van der Waals surface area contributed by atoms with Gasteiger partial charge in [0.15, 0.2) is 0 Å². The van der Waals surface area contributed by atoms with Gasteiger partial charge in [-0.1, -0.05) is 18.5 Å². The molecule has 1 aromatic heterocycles. The molecule has 0 spiro atoms. The predicted molar refractivity (Wildman–Crippen MR) is 62.1 cm³/mol. The van der Waals surface area contributed by atoms with Crippen LogP contribution in [0.25, 0.3) is 0 Å². The highest BCUT2D eigenvalue weighted by molar-refractivity contribution is 6.29. The lowest BCUT2D eigenvalue weighted by Crippen LogP contribution is -2.34. The highest BCUT2D eigenvalue weighted by Gasteiger charge is 2.18. The Kier molecular flexibility index (Phi) is 2.95. The molecule has 0 bridgehead atoms. The highest BCUT2D eigenvalue weighted by Crippen LogP contribution is 2.23. The first-order valence-corrected chi connectivity index (χ1v) is 5.58. The van der Waals surface area contributed by atoms with Crippen LogP contribution >= 0.6 is 11.6 Å². The number of nitrogens with zero attached hydrogens (tertiary/aromatic N) is 3. The Morgan fingerprint density at radius 3 is 3.00 bits per heavy atom. The molecule has 1 aromatic rings. The zero-order valence-electron chi connectivity index (χ0n) is 8.78. The van der Waals surface area contributed by atoms with Crippen LogP contribution in [-0.4, -0.2) is 23.1 Å². The number of aromatic nitrogens is 2. The van der Waals surface area contributed by atoms with Crippen molar-refractivity contribution in [3.63, 3.8) is 0 Å². The van der Waals surface area contributed by atoms with Gasteiger partial charge in [0.2, 0.25) is 5.95 Å². The first-order chi connectivity index (χ1) is 7.15. The predicted octanol–water partition coefficient (Wildman–Crippen LogP) is 1.95. The quantitative estimate of drug-likeness (QED) is 0.744. The third kappa shape index (κ3) is 2.50. The summed E-state index contributed by atoms with van der Waals surface area (Å²) < 4.78 is 0. The number of piperidine rings is 1. The molecule has 0 aliphatic carbocycles. The molecule has 0 unspecified atom stereocenters. The molecule has 2 N–H and O–H groups in total. The van der Waals surface area contributed by atoms with E-state index in [1.54, 1.807) is 6.07 Å². The summed E-state index contributed by atoms with van der Waals surface area (Å²) in [4.78, 5) is 10.3. The van der Waals surface area contributed by atoms with E-state index in [-0.39, 0.29) is 5.95 Å². The Balaban J connectivity index is 2.20. The maximum Gasteiger partial charge on any atom is 0.223 e. The van der Waals surface area contributed by atoms with Gasteiger partial charge in [-0.2, -0.15) is 4.98 Å². The van der Waals surface area contributed by atoms with Crippen LogP contribution in [-0.2, 0) is 0 Å². The number of anilines is 2. The second kappa shape index (κ2) is 4.23. The van der Waals surface area contributed by atoms with Gasteiger partial charge in [-0.25, -0.2) is 4.98 Å². The number of nitrogen functional groups attached to an aromatic ring is 1. The number of nitrogens with two attached hydrogens (primary N) is 1. The van der Waals surface area contributed by atoms with Crippen molar-refractivity contribution in [1.29, 1.82) is 0 Å². The largest absolute Gasteiger partial charge is 0.368 e. The van der Waals surface area contributed by atoms with Crippen molar-refractivity contribution in [2.24, 2.45) is 5.92 Å². The molecule has 1 aliphatic heterocycles. The summed E-state index contributed by atoms with van der Waals surface area (Å²) in [5.74, 6) is 1.79. The molecule has 0 radical (unpaired) electrons. The molecule has 0 aromatic carbocycles. The summed E-state index contributed by atoms with van der Waals surface area (Å²) in [6, 6.07) is 1.77. The monoisotopic (exact) mass is 226 g/mol. The number of rotatable bonds is 1. The van der Waals surface area contributed by atoms with E-state index in [9.17, 15) is 0 Å². The average Bonchev–Trinajstić information content (AvgIpc) is 2.16. The van der Waals surface area contributed by atoms with Crippen molar-refractivity contribution in [3.8, 4) is 0 Å². The lowest BCUT2D eigenvalue weighted by Gasteiger charge is -2.31. The maximum atomic E-state index is 5.85. The average molecular weight is 227 g/mol. The molecule has 0 amide bonds. The van der Waals surface area contributed by atoms with E-state index >= 15 is 0 Å². The molecule has 1 fully saturated rings. The maximum absolute atomic E-state index is 5.85. The van der Waals surface area contributed by atoms with Crippen molar-refractivity contribution < 1.29 is 0 Å². The van der Waals surface area contributed by atoms with E-state index in [0.29, 0.717) is 11.1 Å². The fourth-order valence-corrected chi connectivity index (χ4v) is 2.17. The zero-order valence-corrected chi connectivity index (χ0v) is 9.54. The lowest BCUT2D eigenvalue weighted by atomic mass is 10.0. The Bertz CT molecular complexity index is 335. The minimum absolute atomic E-state index is 0.246. The van der Waals surface area contributed by atoms with Gasteiger partial charge in [-0.15, -0.1) is 0 Å². The van der Waals surface area contributed by atoms with E-state index in [2.05, 4.69) is 21.8 Å². The van der Waals surface area contributed by atoms with Crippen LogP contribution in [0.4, 0.5) is 11.8 Å². The normalized spacial score (nSPS) is 21.7. The summed E-state index contributed by atoms with van der Waals surface area (Å²) in [6.45, 7) is 4.29. The standard InChI is InChI=1S/C10H15ClN4/c1-7-3-2-4-15(6-7)9-5-8(11)13-10(12)14-9/h5,7H,2-4,6H2,1H3,(H2,12,13,14)/t7-/m1/s1. The Morgan fingerprint density at radius 2 is 2.33 bits per heavy atom. The van der Waals surface area contributed by atoms with Crippen molar-refractivity contribution in [2.45, 2.75) is 19.8 Å². The van der Waals surface area contributed by atoms with Gasteiger partial charge in [-0.05, 0) is 18.8 Å². The number of hydrogen-bond acceptors (Lipinski definition) is 4. The summed E-state index contributed by atoms with van der Waals surface area (Å²) >= 11 is 5.85. The molecule has 2 heterocycles. The van der Waals surface area contributed by atoms with Crippen LogP contribution in [0.2, 0.25) is 5.15 Å². The van der Waals surface area contributed by atoms with Crippen molar-refractivity contribution in [2.75, 3.05) is 23.7 Å². The van der Waals surface area contributed by atoms with Crippen LogP contribution in [0.3, 0.4) is 0 Å². The van der Waals surface area contributed by atoms with Gasteiger partial charge in [0.1, 0.15) is 11.0 Å². The molecular formula is C10H15ClN4. The van der Waals surface area contributed by atoms with Crippen LogP contribution in [0.15, 0.2) is 6.07 Å². The summed E-state index contributed by atoms with van der Waals surface area (Å²) in [6.07, 6.45) is 2.48. The minimum Gasteiger partial charge on any atom is -0.368 e. The zero-order chi connectivity index (χ0) is 10.8. The molecule has 0 saturated carbocycles. The van der Waals surface area contributed by atoms with E-state index < -0.39 is 0 Å². The van der Waals surface area contributed by atoms with E-state index in [4.69, 9.17) is 17.3 Å². The summed E-state index contributed by atoms with van der Waals surface area (Å²) in [5.41, 5.74) is 5.57. The summed E-state index contributed by atoms with van der Waals surface area (Å²) in [5, 5.41) is 0.413. The fraction of sp³-hybridized carbons (Fsp3) is 0.600. The molecule has 15 heavy (non-hydrogen) atoms. The van der Waals surface area contributed by atoms with Gasteiger partial charge in [-0.3, -0.25) is 0 Å². The number of hydrogen-bond donors (Lipinski definition) is 1. The van der Waals surface area contributed by atoms with Gasteiger partial charge >= 0.3 is 0 Å². The van der Waals surface area contributed by atoms with Crippen molar-refractivity contribution in [3.05, 3.63) is 11.2 Å². The fourth-order valence-electron chi connectivity index (χ4n) is 1.98. The summed E-state index contributed by atoms with van der Waals surface area (Å²) in [7, 11) is 0. The molecule has 1 atom stereocenters. The smallest absolute Gasteiger partial charge is 0.223 e.